The van der Waals surface area contributed by atoms with Crippen LogP contribution in [0.1, 0.15) is 5.56 Å². The van der Waals surface area contributed by atoms with Crippen molar-refractivity contribution < 1.29 is 8.78 Å². The van der Waals surface area contributed by atoms with Gasteiger partial charge in [-0.15, -0.1) is 0 Å². The molecule has 0 unspecified atom stereocenters. The van der Waals surface area contributed by atoms with Crippen molar-refractivity contribution >= 4 is 17.5 Å². The monoisotopic (exact) mass is 296 g/mol. The van der Waals surface area contributed by atoms with Crippen LogP contribution < -0.4 is 4.90 Å². The average Bonchev–Trinajstić information content (AvgIpc) is 2.98. The Balaban J connectivity index is 1.60. The van der Waals surface area contributed by atoms with Crippen molar-refractivity contribution in [2.45, 2.75) is 6.54 Å². The highest BCUT2D eigenvalue weighted by Gasteiger charge is 2.19. The van der Waals surface area contributed by atoms with Crippen LogP contribution in [0.4, 0.5) is 14.6 Å². The quantitative estimate of drug-likeness (QED) is 0.868. The van der Waals surface area contributed by atoms with Gasteiger partial charge in [-0.25, -0.2) is 8.78 Å². The Morgan fingerprint density at radius 3 is 2.65 bits per heavy atom. The zero-order valence-electron chi connectivity index (χ0n) is 10.8. The van der Waals surface area contributed by atoms with Gasteiger partial charge in [-0.3, -0.25) is 4.90 Å². The molecule has 0 spiro atoms. The lowest BCUT2D eigenvalue weighted by atomic mass is 10.2. The highest BCUT2D eigenvalue weighted by atomic mass is 32.1. The number of hydrogen-bond donors (Lipinski definition) is 0. The molecule has 106 valence electrons. The Morgan fingerprint density at radius 2 is 1.95 bits per heavy atom. The summed E-state index contributed by atoms with van der Waals surface area (Å²) in [4.78, 5) is 4.27. The lowest BCUT2D eigenvalue weighted by molar-refractivity contribution is 0.246. The van der Waals surface area contributed by atoms with Gasteiger partial charge >= 0.3 is 0 Å². The van der Waals surface area contributed by atoms with E-state index in [2.05, 4.69) is 18.5 Å². The van der Waals surface area contributed by atoms with Gasteiger partial charge < -0.3 is 4.90 Å². The molecule has 0 saturated carbocycles. The second-order valence-corrected chi connectivity index (χ2v) is 5.32. The van der Waals surface area contributed by atoms with Gasteiger partial charge in [-0.2, -0.15) is 8.75 Å². The van der Waals surface area contributed by atoms with Crippen LogP contribution in [0.25, 0.3) is 0 Å². The number of nitrogens with zero attached hydrogens (tertiary/aromatic N) is 4. The first-order chi connectivity index (χ1) is 9.72. The third kappa shape index (κ3) is 2.94. The zero-order chi connectivity index (χ0) is 13.9. The second kappa shape index (κ2) is 5.80. The first kappa shape index (κ1) is 13.4. The summed E-state index contributed by atoms with van der Waals surface area (Å²) in [7, 11) is 0. The summed E-state index contributed by atoms with van der Waals surface area (Å²) in [6.45, 7) is 3.68. The summed E-state index contributed by atoms with van der Waals surface area (Å²) in [5, 5.41) is 0. The molecule has 2 heterocycles. The lowest BCUT2D eigenvalue weighted by Gasteiger charge is -2.34. The molecule has 1 aromatic carbocycles. The average molecular weight is 296 g/mol. The molecule has 1 aliphatic rings. The van der Waals surface area contributed by atoms with E-state index in [-0.39, 0.29) is 5.82 Å². The van der Waals surface area contributed by atoms with Crippen LogP contribution in [0.3, 0.4) is 0 Å². The maximum atomic E-state index is 13.6. The predicted octanol–water partition coefficient (Wildman–Crippen LogP) is 2.14. The van der Waals surface area contributed by atoms with Crippen molar-refractivity contribution in [3.63, 3.8) is 0 Å². The Kier molecular flexibility index (Phi) is 3.88. The summed E-state index contributed by atoms with van der Waals surface area (Å²) in [5.41, 5.74) is 0.411. The van der Waals surface area contributed by atoms with Crippen LogP contribution in [0.5, 0.6) is 0 Å². The number of piperazine rings is 1. The van der Waals surface area contributed by atoms with E-state index in [0.29, 0.717) is 12.1 Å². The van der Waals surface area contributed by atoms with E-state index < -0.39 is 5.82 Å². The van der Waals surface area contributed by atoms with Crippen LogP contribution in [0, 0.1) is 11.6 Å². The second-order valence-electron chi connectivity index (χ2n) is 4.76. The number of anilines is 1. The molecule has 0 aliphatic carbocycles. The molecule has 0 atom stereocenters. The van der Waals surface area contributed by atoms with Crippen molar-refractivity contribution in [3.05, 3.63) is 41.6 Å². The molecule has 4 nitrogen and oxygen atoms in total. The van der Waals surface area contributed by atoms with Crippen molar-refractivity contribution in [2.24, 2.45) is 0 Å². The zero-order valence-corrected chi connectivity index (χ0v) is 11.6. The molecule has 20 heavy (non-hydrogen) atoms. The first-order valence-corrected chi connectivity index (χ1v) is 7.14. The van der Waals surface area contributed by atoms with Crippen LogP contribution >= 0.6 is 11.7 Å². The maximum Gasteiger partial charge on any atom is 0.162 e. The van der Waals surface area contributed by atoms with Crippen molar-refractivity contribution in [3.8, 4) is 0 Å². The number of halogens is 2. The van der Waals surface area contributed by atoms with Crippen molar-refractivity contribution in [2.75, 3.05) is 31.1 Å². The van der Waals surface area contributed by atoms with E-state index in [9.17, 15) is 8.78 Å². The minimum Gasteiger partial charge on any atom is -0.352 e. The topological polar surface area (TPSA) is 32.3 Å². The standard InChI is InChI=1S/C13H14F2N4S/c14-11-1-2-12(15)10(7-11)9-18-3-5-19(6-4-18)13-8-16-20-17-13/h1-2,7-8H,3-6,9H2. The Morgan fingerprint density at radius 1 is 1.15 bits per heavy atom. The van der Waals surface area contributed by atoms with Crippen molar-refractivity contribution in [1.29, 1.82) is 0 Å². The van der Waals surface area contributed by atoms with Gasteiger partial charge in [0.15, 0.2) is 5.82 Å². The molecule has 1 aliphatic heterocycles. The van der Waals surface area contributed by atoms with Crippen LogP contribution in [0.2, 0.25) is 0 Å². The molecular weight excluding hydrogens is 282 g/mol. The molecule has 1 saturated heterocycles. The molecule has 3 rings (SSSR count). The van der Waals surface area contributed by atoms with Crippen LogP contribution in [0.15, 0.2) is 24.4 Å². The minimum absolute atomic E-state index is 0.350. The fraction of sp³-hybridized carbons (Fsp3) is 0.385. The highest BCUT2D eigenvalue weighted by Crippen LogP contribution is 2.17. The van der Waals surface area contributed by atoms with E-state index in [1.807, 2.05) is 0 Å². The first-order valence-electron chi connectivity index (χ1n) is 6.41. The summed E-state index contributed by atoms with van der Waals surface area (Å²) in [6.07, 6.45) is 1.76. The van der Waals surface area contributed by atoms with Gasteiger partial charge in [-0.05, 0) is 18.2 Å². The molecule has 0 radical (unpaired) electrons. The number of aromatic nitrogens is 2. The van der Waals surface area contributed by atoms with E-state index in [0.717, 1.165) is 38.1 Å². The van der Waals surface area contributed by atoms with E-state index in [1.54, 1.807) is 6.20 Å². The molecule has 7 heteroatoms. The normalized spacial score (nSPS) is 16.6. The molecule has 1 aromatic heterocycles. The molecular formula is C13H14F2N4S. The lowest BCUT2D eigenvalue weighted by Crippen LogP contribution is -2.46. The van der Waals surface area contributed by atoms with E-state index in [1.165, 1.54) is 23.9 Å². The SMILES string of the molecule is Fc1ccc(F)c(CN2CCN(c3cnsn3)CC2)c1. The highest BCUT2D eigenvalue weighted by molar-refractivity contribution is 6.99. The third-order valence-corrected chi connectivity index (χ3v) is 3.92. The molecule has 2 aromatic rings. The van der Waals surface area contributed by atoms with Gasteiger partial charge in [0, 0.05) is 38.3 Å². The smallest absolute Gasteiger partial charge is 0.162 e. The number of benzene rings is 1. The van der Waals surface area contributed by atoms with Gasteiger partial charge in [0.1, 0.15) is 11.6 Å². The largest absolute Gasteiger partial charge is 0.352 e. The summed E-state index contributed by atoms with van der Waals surface area (Å²) < 4.78 is 34.9. The third-order valence-electron chi connectivity index (χ3n) is 3.45. The van der Waals surface area contributed by atoms with Crippen molar-refractivity contribution in [1.82, 2.24) is 13.6 Å². The molecule has 0 bridgehead atoms. The number of rotatable bonds is 3. The summed E-state index contributed by atoms with van der Waals surface area (Å²) in [6, 6.07) is 3.60. The van der Waals surface area contributed by atoms with Crippen LogP contribution in [-0.4, -0.2) is 39.8 Å². The molecule has 1 fully saturated rings. The van der Waals surface area contributed by atoms with E-state index >= 15 is 0 Å². The Bertz CT molecular complexity index is 568. The van der Waals surface area contributed by atoms with E-state index in [4.69, 9.17) is 0 Å². The molecule has 0 amide bonds. The maximum absolute atomic E-state index is 13.6. The Hall–Kier alpha value is -1.60. The minimum atomic E-state index is -0.395. The van der Waals surface area contributed by atoms with Crippen LogP contribution in [-0.2, 0) is 6.54 Å². The van der Waals surface area contributed by atoms with Gasteiger partial charge in [0.25, 0.3) is 0 Å². The summed E-state index contributed by atoms with van der Waals surface area (Å²) >= 11 is 1.19. The Labute approximate surface area is 120 Å². The summed E-state index contributed by atoms with van der Waals surface area (Å²) in [5.74, 6) is 0.151. The number of hydrogen-bond acceptors (Lipinski definition) is 5. The molecule has 0 N–H and O–H groups in total. The van der Waals surface area contributed by atoms with Gasteiger partial charge in [-0.1, -0.05) is 0 Å². The fourth-order valence-corrected chi connectivity index (χ4v) is 2.77. The van der Waals surface area contributed by atoms with Gasteiger partial charge in [0.05, 0.1) is 17.9 Å². The predicted molar refractivity (Wildman–Crippen MR) is 73.8 cm³/mol. The fourth-order valence-electron chi connectivity index (χ4n) is 2.34. The van der Waals surface area contributed by atoms with Gasteiger partial charge in [0.2, 0.25) is 0 Å².